The van der Waals surface area contributed by atoms with E-state index in [2.05, 4.69) is 19.5 Å². The summed E-state index contributed by atoms with van der Waals surface area (Å²) in [5.74, 6) is -6.13. The van der Waals surface area contributed by atoms with Crippen LogP contribution in [0.5, 0.6) is 0 Å². The lowest BCUT2D eigenvalue weighted by molar-refractivity contribution is -0.119. The van der Waals surface area contributed by atoms with Crippen LogP contribution in [0.2, 0.25) is 0 Å². The van der Waals surface area contributed by atoms with Crippen LogP contribution < -0.4 is 5.32 Å². The molecule has 29 heavy (non-hydrogen) atoms. The molecule has 2 aromatic rings. The van der Waals surface area contributed by atoms with Crippen LogP contribution in [0.1, 0.15) is 31.1 Å². The van der Waals surface area contributed by atoms with Gasteiger partial charge in [0.25, 0.3) is 5.91 Å². The van der Waals surface area contributed by atoms with Crippen LogP contribution in [0.3, 0.4) is 0 Å². The van der Waals surface area contributed by atoms with Crippen LogP contribution >= 0.6 is 0 Å². The fourth-order valence-corrected chi connectivity index (χ4v) is 2.26. The summed E-state index contributed by atoms with van der Waals surface area (Å²) < 4.78 is 40.9. The first-order chi connectivity index (χ1) is 13.8. The van der Waals surface area contributed by atoms with Crippen molar-refractivity contribution in [3.05, 3.63) is 64.7 Å². The van der Waals surface area contributed by atoms with E-state index in [1.54, 1.807) is 0 Å². The predicted molar refractivity (Wildman–Crippen MR) is 94.4 cm³/mol. The number of amides is 1. The van der Waals surface area contributed by atoms with Gasteiger partial charge in [-0.05, 0) is 30.3 Å². The molecule has 0 radical (unpaired) electrons. The summed E-state index contributed by atoms with van der Waals surface area (Å²) in [6, 6.07) is 6.47. The van der Waals surface area contributed by atoms with E-state index in [1.807, 2.05) is 0 Å². The first kappa shape index (κ1) is 21.5. The molecule has 0 bridgehead atoms. The fraction of sp³-hybridized carbons (Fsp3) is 0.158. The molecule has 2 aromatic carbocycles. The number of halogens is 2. The Kier molecular flexibility index (Phi) is 6.96. The second kappa shape index (κ2) is 9.40. The standard InChI is InChI=1S/C19H15F2NO7/c1-27-17(24)10-6-7-11(18(25)28-2)14(8-10)22-15(23)9-29-19(26)16-12(20)4-3-5-13(16)21/h3-8H,9H2,1-2H3,(H,22,23). The largest absolute Gasteiger partial charge is 0.465 e. The van der Waals surface area contributed by atoms with Gasteiger partial charge in [-0.25, -0.2) is 23.2 Å². The van der Waals surface area contributed by atoms with Gasteiger partial charge in [0, 0.05) is 0 Å². The molecule has 10 heteroatoms. The van der Waals surface area contributed by atoms with Crippen molar-refractivity contribution < 1.29 is 42.2 Å². The number of carbonyl (C=O) groups excluding carboxylic acids is 4. The summed E-state index contributed by atoms with van der Waals surface area (Å²) in [4.78, 5) is 47.4. The number of nitrogens with one attached hydrogen (secondary N) is 1. The van der Waals surface area contributed by atoms with Crippen LogP contribution in [-0.2, 0) is 19.0 Å². The Morgan fingerprint density at radius 2 is 1.52 bits per heavy atom. The predicted octanol–water partition coefficient (Wildman–Crippen LogP) is 2.33. The normalized spacial score (nSPS) is 10.1. The number of anilines is 1. The van der Waals surface area contributed by atoms with Crippen molar-refractivity contribution in [1.82, 2.24) is 0 Å². The Morgan fingerprint density at radius 1 is 0.897 bits per heavy atom. The molecular weight excluding hydrogens is 392 g/mol. The molecule has 0 saturated heterocycles. The highest BCUT2D eigenvalue weighted by Crippen LogP contribution is 2.20. The maximum Gasteiger partial charge on any atom is 0.344 e. The van der Waals surface area contributed by atoms with Crippen molar-refractivity contribution in [2.24, 2.45) is 0 Å². The second-order valence-corrected chi connectivity index (χ2v) is 5.46. The molecule has 0 spiro atoms. The zero-order chi connectivity index (χ0) is 21.6. The molecule has 0 aliphatic heterocycles. The minimum Gasteiger partial charge on any atom is -0.465 e. The Labute approximate surface area is 163 Å². The number of carbonyl (C=O) groups is 4. The van der Waals surface area contributed by atoms with Gasteiger partial charge in [0.15, 0.2) is 6.61 Å². The highest BCUT2D eigenvalue weighted by Gasteiger charge is 2.21. The van der Waals surface area contributed by atoms with Gasteiger partial charge in [-0.3, -0.25) is 4.79 Å². The van der Waals surface area contributed by atoms with E-state index in [4.69, 9.17) is 0 Å². The number of esters is 3. The van der Waals surface area contributed by atoms with Gasteiger partial charge in [-0.2, -0.15) is 0 Å². The van der Waals surface area contributed by atoms with Gasteiger partial charge < -0.3 is 19.5 Å². The van der Waals surface area contributed by atoms with Gasteiger partial charge >= 0.3 is 17.9 Å². The summed E-state index contributed by atoms with van der Waals surface area (Å²) >= 11 is 0. The number of rotatable bonds is 6. The molecule has 0 aromatic heterocycles. The van der Waals surface area contributed by atoms with E-state index < -0.39 is 47.6 Å². The average Bonchev–Trinajstić information content (AvgIpc) is 2.70. The van der Waals surface area contributed by atoms with E-state index in [0.717, 1.165) is 38.5 Å². The highest BCUT2D eigenvalue weighted by molar-refractivity contribution is 6.04. The zero-order valence-corrected chi connectivity index (χ0v) is 15.3. The monoisotopic (exact) mass is 407 g/mol. The molecule has 0 saturated carbocycles. The third-order valence-electron chi connectivity index (χ3n) is 3.62. The highest BCUT2D eigenvalue weighted by atomic mass is 19.1. The van der Waals surface area contributed by atoms with Crippen molar-refractivity contribution in [2.45, 2.75) is 0 Å². The lowest BCUT2D eigenvalue weighted by Gasteiger charge is -2.12. The van der Waals surface area contributed by atoms with Crippen molar-refractivity contribution >= 4 is 29.5 Å². The summed E-state index contributed by atoms with van der Waals surface area (Å²) in [5.41, 5.74) is -1.11. The maximum absolute atomic E-state index is 13.6. The van der Waals surface area contributed by atoms with Crippen molar-refractivity contribution in [3.8, 4) is 0 Å². The van der Waals surface area contributed by atoms with Crippen LogP contribution in [0, 0.1) is 11.6 Å². The van der Waals surface area contributed by atoms with E-state index in [1.165, 1.54) is 12.1 Å². The Morgan fingerprint density at radius 3 is 2.10 bits per heavy atom. The molecule has 0 atom stereocenters. The Hall–Kier alpha value is -3.82. The molecule has 1 amide bonds. The number of hydrogen-bond acceptors (Lipinski definition) is 7. The zero-order valence-electron chi connectivity index (χ0n) is 15.3. The van der Waals surface area contributed by atoms with Crippen molar-refractivity contribution in [3.63, 3.8) is 0 Å². The van der Waals surface area contributed by atoms with Gasteiger partial charge in [0.05, 0.1) is 31.0 Å². The molecule has 2 rings (SSSR count). The number of benzene rings is 2. The third-order valence-corrected chi connectivity index (χ3v) is 3.62. The third kappa shape index (κ3) is 5.12. The van der Waals surface area contributed by atoms with E-state index in [0.29, 0.717) is 0 Å². The molecule has 0 fully saturated rings. The van der Waals surface area contributed by atoms with E-state index in [-0.39, 0.29) is 16.8 Å². The molecule has 8 nitrogen and oxygen atoms in total. The Bertz CT molecular complexity index is 955. The molecule has 0 unspecified atom stereocenters. The van der Waals surface area contributed by atoms with Crippen LogP contribution in [0.25, 0.3) is 0 Å². The van der Waals surface area contributed by atoms with Crippen LogP contribution in [-0.4, -0.2) is 44.6 Å². The number of methoxy groups -OCH3 is 2. The smallest absolute Gasteiger partial charge is 0.344 e. The summed E-state index contributed by atoms with van der Waals surface area (Å²) in [6.07, 6.45) is 0. The quantitative estimate of drug-likeness (QED) is 0.578. The van der Waals surface area contributed by atoms with E-state index >= 15 is 0 Å². The van der Waals surface area contributed by atoms with Crippen LogP contribution in [0.4, 0.5) is 14.5 Å². The molecule has 0 heterocycles. The summed E-state index contributed by atoms with van der Waals surface area (Å²) in [7, 11) is 2.27. The topological polar surface area (TPSA) is 108 Å². The summed E-state index contributed by atoms with van der Waals surface area (Å²) in [6.45, 7) is -0.907. The van der Waals surface area contributed by atoms with Gasteiger partial charge in [0.1, 0.15) is 17.2 Å². The van der Waals surface area contributed by atoms with E-state index in [9.17, 15) is 28.0 Å². The van der Waals surface area contributed by atoms with Crippen molar-refractivity contribution in [2.75, 3.05) is 26.1 Å². The fourth-order valence-electron chi connectivity index (χ4n) is 2.26. The average molecular weight is 407 g/mol. The lowest BCUT2D eigenvalue weighted by Crippen LogP contribution is -2.23. The first-order valence-corrected chi connectivity index (χ1v) is 8.00. The Balaban J connectivity index is 2.16. The first-order valence-electron chi connectivity index (χ1n) is 8.00. The minimum atomic E-state index is -1.38. The maximum atomic E-state index is 13.6. The molecule has 0 aliphatic rings. The molecule has 152 valence electrons. The van der Waals surface area contributed by atoms with Gasteiger partial charge in [-0.15, -0.1) is 0 Å². The molecular formula is C19H15F2NO7. The number of ether oxygens (including phenoxy) is 3. The van der Waals surface area contributed by atoms with Crippen LogP contribution in [0.15, 0.2) is 36.4 Å². The SMILES string of the molecule is COC(=O)c1ccc(C(=O)OC)c(NC(=O)COC(=O)c2c(F)cccc2F)c1. The van der Waals surface area contributed by atoms with Gasteiger partial charge in [0.2, 0.25) is 0 Å². The summed E-state index contributed by atoms with van der Waals surface area (Å²) in [5, 5.41) is 2.27. The number of hydrogen-bond donors (Lipinski definition) is 1. The molecule has 1 N–H and O–H groups in total. The van der Waals surface area contributed by atoms with Crippen molar-refractivity contribution in [1.29, 1.82) is 0 Å². The van der Waals surface area contributed by atoms with Gasteiger partial charge in [-0.1, -0.05) is 6.07 Å². The molecule has 0 aliphatic carbocycles. The minimum absolute atomic E-state index is 0.0286. The second-order valence-electron chi connectivity index (χ2n) is 5.46. The lowest BCUT2D eigenvalue weighted by atomic mass is 10.1.